The normalized spacial score (nSPS) is 13.6. The summed E-state index contributed by atoms with van der Waals surface area (Å²) in [6.07, 6.45) is 4.14. The van der Waals surface area contributed by atoms with Crippen molar-refractivity contribution in [2.75, 3.05) is 34.4 Å². The predicted molar refractivity (Wildman–Crippen MR) is 113 cm³/mol. The molecule has 3 heterocycles. The van der Waals surface area contributed by atoms with Gasteiger partial charge in [0.15, 0.2) is 4.34 Å². The lowest BCUT2D eigenvalue weighted by atomic mass is 10.2. The molecule has 0 atom stereocenters. The van der Waals surface area contributed by atoms with Gasteiger partial charge in [-0.25, -0.2) is 0 Å². The number of hydrogen-bond acceptors (Lipinski definition) is 8. The van der Waals surface area contributed by atoms with Crippen LogP contribution >= 0.6 is 23.1 Å². The van der Waals surface area contributed by atoms with E-state index in [-0.39, 0.29) is 5.91 Å². The number of benzene rings is 1. The number of hydrogen-bond donors (Lipinski definition) is 2. The molecule has 1 aliphatic rings. The molecule has 0 radical (unpaired) electrons. The van der Waals surface area contributed by atoms with Crippen molar-refractivity contribution < 1.29 is 9.21 Å². The van der Waals surface area contributed by atoms with Gasteiger partial charge in [-0.05, 0) is 49.2 Å². The predicted octanol–water partition coefficient (Wildman–Crippen LogP) is 4.07. The van der Waals surface area contributed by atoms with Crippen molar-refractivity contribution in [3.8, 4) is 0 Å². The van der Waals surface area contributed by atoms with E-state index in [2.05, 4.69) is 37.9 Å². The minimum Gasteiger partial charge on any atom is -0.467 e. The average molecular weight is 416 g/mol. The number of nitrogens with one attached hydrogen (secondary N) is 2. The Morgan fingerprint density at radius 2 is 2.00 bits per heavy atom. The fraction of sp³-hybridized carbons (Fsp3) is 0.316. The van der Waals surface area contributed by atoms with Crippen LogP contribution in [0.4, 0.5) is 16.5 Å². The zero-order valence-corrected chi connectivity index (χ0v) is 16.9. The third-order valence-electron chi connectivity index (χ3n) is 4.35. The van der Waals surface area contributed by atoms with Crippen LogP contribution in [0.5, 0.6) is 0 Å². The number of anilines is 3. The Kier molecular flexibility index (Phi) is 6.13. The Hall–Kier alpha value is -2.52. The number of thioether (sulfide) groups is 1. The molecule has 9 heteroatoms. The quantitative estimate of drug-likeness (QED) is 0.537. The molecular weight excluding hydrogens is 394 g/mol. The number of furan rings is 1. The highest BCUT2D eigenvalue weighted by Gasteiger charge is 2.12. The molecule has 0 saturated carbocycles. The van der Waals surface area contributed by atoms with Gasteiger partial charge in [-0.1, -0.05) is 23.1 Å². The zero-order chi connectivity index (χ0) is 19.2. The average Bonchev–Trinajstić information content (AvgIpc) is 3.48. The van der Waals surface area contributed by atoms with Crippen LogP contribution in [-0.2, 0) is 11.3 Å². The Morgan fingerprint density at radius 3 is 2.75 bits per heavy atom. The number of amides is 1. The molecular formula is C19H21N5O2S2. The molecule has 0 spiro atoms. The SMILES string of the molecule is O=C(CSc1nnc(NCc2ccco2)s1)Nc1ccc(N2CCCC2)cc1. The second-order valence-electron chi connectivity index (χ2n) is 6.38. The van der Waals surface area contributed by atoms with E-state index in [1.807, 2.05) is 24.3 Å². The molecule has 1 fully saturated rings. The summed E-state index contributed by atoms with van der Waals surface area (Å²) in [6, 6.07) is 11.8. The van der Waals surface area contributed by atoms with Gasteiger partial charge in [0.1, 0.15) is 5.76 Å². The van der Waals surface area contributed by atoms with Crippen molar-refractivity contribution in [3.05, 3.63) is 48.4 Å². The lowest BCUT2D eigenvalue weighted by Crippen LogP contribution is -2.18. The highest BCUT2D eigenvalue weighted by atomic mass is 32.2. The highest BCUT2D eigenvalue weighted by Crippen LogP contribution is 2.26. The molecule has 3 aromatic rings. The summed E-state index contributed by atoms with van der Waals surface area (Å²) in [5.41, 5.74) is 2.03. The fourth-order valence-corrected chi connectivity index (χ4v) is 4.52. The van der Waals surface area contributed by atoms with Crippen LogP contribution in [0, 0.1) is 0 Å². The van der Waals surface area contributed by atoms with Crippen LogP contribution in [0.2, 0.25) is 0 Å². The van der Waals surface area contributed by atoms with Crippen LogP contribution in [-0.4, -0.2) is 34.9 Å². The number of aromatic nitrogens is 2. The van der Waals surface area contributed by atoms with E-state index in [1.54, 1.807) is 6.26 Å². The Morgan fingerprint density at radius 1 is 1.18 bits per heavy atom. The van der Waals surface area contributed by atoms with Crippen LogP contribution in [0.15, 0.2) is 51.4 Å². The third-order valence-corrected chi connectivity index (χ3v) is 6.36. The smallest absolute Gasteiger partial charge is 0.234 e. The van der Waals surface area contributed by atoms with Gasteiger partial charge in [0.05, 0.1) is 18.6 Å². The van der Waals surface area contributed by atoms with Crippen molar-refractivity contribution >= 4 is 45.5 Å². The van der Waals surface area contributed by atoms with Crippen LogP contribution in [0.1, 0.15) is 18.6 Å². The molecule has 2 N–H and O–H groups in total. The molecule has 7 nitrogen and oxygen atoms in total. The van der Waals surface area contributed by atoms with Gasteiger partial charge in [0.25, 0.3) is 0 Å². The summed E-state index contributed by atoms with van der Waals surface area (Å²) in [5, 5.41) is 15.0. The Balaban J connectivity index is 1.22. The van der Waals surface area contributed by atoms with Crippen LogP contribution < -0.4 is 15.5 Å². The second kappa shape index (κ2) is 9.11. The molecule has 2 aromatic heterocycles. The molecule has 1 aliphatic heterocycles. The highest BCUT2D eigenvalue weighted by molar-refractivity contribution is 8.01. The van der Waals surface area contributed by atoms with Crippen molar-refractivity contribution in [3.63, 3.8) is 0 Å². The summed E-state index contributed by atoms with van der Waals surface area (Å²) in [7, 11) is 0. The van der Waals surface area contributed by atoms with E-state index in [1.165, 1.54) is 41.6 Å². The van der Waals surface area contributed by atoms with Gasteiger partial charge in [0.2, 0.25) is 11.0 Å². The van der Waals surface area contributed by atoms with Crippen molar-refractivity contribution in [1.82, 2.24) is 10.2 Å². The summed E-state index contributed by atoms with van der Waals surface area (Å²) in [5.74, 6) is 1.07. The zero-order valence-electron chi connectivity index (χ0n) is 15.3. The lowest BCUT2D eigenvalue weighted by molar-refractivity contribution is -0.113. The molecule has 0 unspecified atom stereocenters. The molecule has 0 aliphatic carbocycles. The molecule has 1 aromatic carbocycles. The summed E-state index contributed by atoms with van der Waals surface area (Å²) in [6.45, 7) is 2.78. The summed E-state index contributed by atoms with van der Waals surface area (Å²) in [4.78, 5) is 14.6. The molecule has 146 valence electrons. The molecule has 1 amide bonds. The third kappa shape index (κ3) is 5.05. The molecule has 1 saturated heterocycles. The molecule has 28 heavy (non-hydrogen) atoms. The molecule has 0 bridgehead atoms. The van der Waals surface area contributed by atoms with Gasteiger partial charge in [-0.15, -0.1) is 10.2 Å². The first kappa shape index (κ1) is 18.8. The largest absolute Gasteiger partial charge is 0.467 e. The number of carbonyl (C=O) groups is 1. The number of rotatable bonds is 8. The van der Waals surface area contributed by atoms with Gasteiger partial charge in [0, 0.05) is 24.5 Å². The lowest BCUT2D eigenvalue weighted by Gasteiger charge is -2.17. The Bertz CT molecular complexity index is 889. The van der Waals surface area contributed by atoms with Gasteiger partial charge < -0.3 is 20.0 Å². The monoisotopic (exact) mass is 415 g/mol. The maximum Gasteiger partial charge on any atom is 0.234 e. The maximum absolute atomic E-state index is 12.2. The number of carbonyl (C=O) groups excluding carboxylic acids is 1. The van der Waals surface area contributed by atoms with E-state index in [0.29, 0.717) is 17.4 Å². The van der Waals surface area contributed by atoms with Crippen LogP contribution in [0.25, 0.3) is 0 Å². The second-order valence-corrected chi connectivity index (χ2v) is 8.58. The van der Waals surface area contributed by atoms with E-state index in [4.69, 9.17) is 4.42 Å². The van der Waals surface area contributed by atoms with E-state index >= 15 is 0 Å². The number of nitrogens with zero attached hydrogens (tertiary/aromatic N) is 3. The van der Waals surface area contributed by atoms with Crippen molar-refractivity contribution in [2.24, 2.45) is 0 Å². The summed E-state index contributed by atoms with van der Waals surface area (Å²) >= 11 is 2.80. The van der Waals surface area contributed by atoms with Gasteiger partial charge >= 0.3 is 0 Å². The topological polar surface area (TPSA) is 83.3 Å². The standard InChI is InChI=1S/C19H21N5O2S2/c25-17(21-14-5-7-15(8-6-14)24-9-1-2-10-24)13-27-19-23-22-18(28-19)20-12-16-4-3-11-26-16/h3-8,11H,1-2,9-10,12-13H2,(H,20,22)(H,21,25). The van der Waals surface area contributed by atoms with E-state index in [9.17, 15) is 4.79 Å². The van der Waals surface area contributed by atoms with Crippen molar-refractivity contribution in [1.29, 1.82) is 0 Å². The minimum absolute atomic E-state index is 0.0563. The van der Waals surface area contributed by atoms with Gasteiger partial charge in [-0.3, -0.25) is 4.79 Å². The summed E-state index contributed by atoms with van der Waals surface area (Å²) < 4.78 is 6.02. The minimum atomic E-state index is -0.0563. The Labute approximate surface area is 171 Å². The first-order valence-corrected chi connectivity index (χ1v) is 10.9. The first-order chi connectivity index (χ1) is 13.8. The first-order valence-electron chi connectivity index (χ1n) is 9.14. The van der Waals surface area contributed by atoms with Crippen molar-refractivity contribution in [2.45, 2.75) is 23.7 Å². The van der Waals surface area contributed by atoms with E-state index in [0.717, 1.165) is 28.9 Å². The van der Waals surface area contributed by atoms with Crippen LogP contribution in [0.3, 0.4) is 0 Å². The fourth-order valence-electron chi connectivity index (χ4n) is 2.97. The van der Waals surface area contributed by atoms with E-state index < -0.39 is 0 Å². The van der Waals surface area contributed by atoms with Gasteiger partial charge in [-0.2, -0.15) is 0 Å². The maximum atomic E-state index is 12.2. The molecule has 4 rings (SSSR count).